The van der Waals surface area contributed by atoms with E-state index >= 15 is 0 Å². The fourth-order valence-corrected chi connectivity index (χ4v) is 6.20. The topological polar surface area (TPSA) is 44.2 Å². The third-order valence-electron chi connectivity index (χ3n) is 8.22. The number of aromatic nitrogens is 2. The Morgan fingerprint density at radius 1 is 0.415 bits per heavy atom. The van der Waals surface area contributed by atoms with Crippen LogP contribution in [0.3, 0.4) is 0 Å². The van der Waals surface area contributed by atoms with Crippen molar-refractivity contribution in [2.24, 2.45) is 0 Å². The van der Waals surface area contributed by atoms with Crippen LogP contribution in [0.25, 0.3) is 11.0 Å². The van der Waals surface area contributed by atoms with Gasteiger partial charge in [0.25, 0.3) is 11.8 Å². The van der Waals surface area contributed by atoms with Crippen LogP contribution in [0.5, 0.6) is 11.8 Å². The molecule has 0 saturated heterocycles. The van der Waals surface area contributed by atoms with E-state index in [0.29, 0.717) is 25.0 Å². The van der Waals surface area contributed by atoms with Crippen molar-refractivity contribution < 1.29 is 9.47 Å². The third-order valence-corrected chi connectivity index (χ3v) is 8.94. The Morgan fingerprint density at radius 3 is 0.976 bits per heavy atom. The Hall–Kier alpha value is -1.36. The van der Waals surface area contributed by atoms with E-state index in [0.717, 1.165) is 23.9 Å². The molecule has 0 spiro atoms. The number of thiophene rings is 1. The maximum absolute atomic E-state index is 6.09. The highest BCUT2D eigenvalue weighted by Gasteiger charge is 2.12. The highest BCUT2D eigenvalue weighted by atomic mass is 32.1. The monoisotopic (exact) mass is 588 g/mol. The van der Waals surface area contributed by atoms with E-state index in [9.17, 15) is 0 Å². The molecule has 0 aromatic carbocycles. The second kappa shape index (κ2) is 26.3. The minimum atomic E-state index is 0.574. The van der Waals surface area contributed by atoms with E-state index < -0.39 is 0 Å². The van der Waals surface area contributed by atoms with Gasteiger partial charge in [-0.3, -0.25) is 0 Å². The highest BCUT2D eigenvalue weighted by Crippen LogP contribution is 2.28. The summed E-state index contributed by atoms with van der Waals surface area (Å²) in [6, 6.07) is 0. The molecule has 0 saturated carbocycles. The fraction of sp³-hybridized carbons (Fsp3) is 0.833. The first-order chi connectivity index (χ1) is 20.3. The van der Waals surface area contributed by atoms with Crippen molar-refractivity contribution in [3.05, 3.63) is 10.8 Å². The number of hydrogen-bond acceptors (Lipinski definition) is 5. The van der Waals surface area contributed by atoms with Gasteiger partial charge in [-0.15, -0.1) is 11.3 Å². The molecule has 0 fully saturated rings. The molecule has 236 valence electrons. The van der Waals surface area contributed by atoms with E-state index in [1.165, 1.54) is 154 Å². The van der Waals surface area contributed by atoms with E-state index in [4.69, 9.17) is 19.4 Å². The summed E-state index contributed by atoms with van der Waals surface area (Å²) in [5.41, 5.74) is 1.81. The molecule has 4 nitrogen and oxygen atoms in total. The van der Waals surface area contributed by atoms with Crippen molar-refractivity contribution in [1.29, 1.82) is 0 Å². The van der Waals surface area contributed by atoms with Gasteiger partial charge in [-0.25, -0.2) is 9.97 Å². The van der Waals surface area contributed by atoms with E-state index in [1.807, 2.05) is 10.8 Å². The van der Waals surface area contributed by atoms with Gasteiger partial charge in [0.2, 0.25) is 0 Å². The summed E-state index contributed by atoms with van der Waals surface area (Å²) in [6.45, 7) is 5.96. The summed E-state index contributed by atoms with van der Waals surface area (Å²) >= 11 is 1.63. The maximum Gasteiger partial charge on any atom is 0.278 e. The molecule has 41 heavy (non-hydrogen) atoms. The minimum Gasteiger partial charge on any atom is -0.474 e. The van der Waals surface area contributed by atoms with Gasteiger partial charge in [-0.1, -0.05) is 168 Å². The van der Waals surface area contributed by atoms with Crippen molar-refractivity contribution in [2.45, 2.75) is 181 Å². The first-order valence-electron chi connectivity index (χ1n) is 17.8. The molecule has 2 heterocycles. The number of unbranched alkanes of at least 4 members (excludes halogenated alkanes) is 24. The van der Waals surface area contributed by atoms with Gasteiger partial charge in [0.15, 0.2) is 0 Å². The number of fused-ring (bicyclic) bond motifs is 1. The molecule has 0 amide bonds. The molecule has 2 aromatic heterocycles. The van der Waals surface area contributed by atoms with Crippen LogP contribution in [-0.2, 0) is 0 Å². The lowest BCUT2D eigenvalue weighted by Gasteiger charge is -2.11. The first kappa shape index (κ1) is 35.8. The lowest BCUT2D eigenvalue weighted by atomic mass is 10.0. The molecular weight excluding hydrogens is 524 g/mol. The van der Waals surface area contributed by atoms with Gasteiger partial charge in [-0.2, -0.15) is 0 Å². The molecule has 0 aliphatic rings. The molecular formula is C36H64N2O2S. The van der Waals surface area contributed by atoms with E-state index in [2.05, 4.69) is 13.8 Å². The molecule has 5 heteroatoms. The number of hydrogen-bond donors (Lipinski definition) is 0. The quantitative estimate of drug-likeness (QED) is 0.0851. The van der Waals surface area contributed by atoms with Crippen LogP contribution in [0.1, 0.15) is 181 Å². The second-order valence-electron chi connectivity index (χ2n) is 12.2. The molecule has 0 atom stereocenters. The normalized spacial score (nSPS) is 11.5. The zero-order chi connectivity index (χ0) is 29.1. The predicted octanol–water partition coefficient (Wildman–Crippen LogP) is 12.6. The van der Waals surface area contributed by atoms with Crippen LogP contribution in [0.4, 0.5) is 0 Å². The summed E-state index contributed by atoms with van der Waals surface area (Å²) in [7, 11) is 0. The summed E-state index contributed by atoms with van der Waals surface area (Å²) in [5.74, 6) is 1.15. The van der Waals surface area contributed by atoms with Crippen LogP contribution >= 0.6 is 11.3 Å². The first-order valence-corrected chi connectivity index (χ1v) is 18.8. The average Bonchev–Trinajstić information content (AvgIpc) is 3.44. The number of ether oxygens (including phenoxy) is 2. The van der Waals surface area contributed by atoms with Crippen molar-refractivity contribution in [3.8, 4) is 11.8 Å². The van der Waals surface area contributed by atoms with Gasteiger partial charge in [-0.05, 0) is 12.8 Å². The lowest BCUT2D eigenvalue weighted by Crippen LogP contribution is -2.06. The van der Waals surface area contributed by atoms with Crippen molar-refractivity contribution >= 4 is 22.4 Å². The number of nitrogens with zero attached hydrogens (tertiary/aromatic N) is 2. The Bertz CT molecular complexity index is 774. The van der Waals surface area contributed by atoms with Gasteiger partial charge in [0.05, 0.1) is 13.2 Å². The molecule has 0 aliphatic carbocycles. The molecule has 2 aromatic rings. The van der Waals surface area contributed by atoms with Gasteiger partial charge in [0, 0.05) is 10.8 Å². The standard InChI is InChI=1S/C36H64N2O2S/c1-3-5-7-9-11-13-15-17-19-21-23-25-27-29-39-35-36(38-34-32-41-31-33(34)37-35)40-30-28-26-24-22-20-18-16-14-12-10-8-6-4-2/h31-32H,3-30H2,1-2H3. The summed E-state index contributed by atoms with van der Waals surface area (Å²) in [6.07, 6.45) is 35.3. The van der Waals surface area contributed by atoms with E-state index in [-0.39, 0.29) is 0 Å². The Balaban J connectivity index is 1.49. The van der Waals surface area contributed by atoms with Crippen molar-refractivity contribution in [2.75, 3.05) is 13.2 Å². The molecule has 0 aliphatic heterocycles. The SMILES string of the molecule is CCCCCCCCCCCCCCCOc1nc2cscc2nc1OCCCCCCCCCCCCCCC. The van der Waals surface area contributed by atoms with Crippen LogP contribution < -0.4 is 9.47 Å². The Kier molecular flexibility index (Phi) is 23.0. The Morgan fingerprint density at radius 2 is 0.683 bits per heavy atom. The maximum atomic E-state index is 6.09. The number of rotatable bonds is 30. The van der Waals surface area contributed by atoms with Gasteiger partial charge >= 0.3 is 0 Å². The van der Waals surface area contributed by atoms with Gasteiger partial charge in [0.1, 0.15) is 11.0 Å². The second-order valence-corrected chi connectivity index (χ2v) is 12.9. The fourth-order valence-electron chi connectivity index (χ4n) is 5.53. The van der Waals surface area contributed by atoms with Crippen LogP contribution in [0.15, 0.2) is 10.8 Å². The van der Waals surface area contributed by atoms with Crippen LogP contribution in [0.2, 0.25) is 0 Å². The summed E-state index contributed by atoms with van der Waals surface area (Å²) < 4.78 is 12.2. The molecule has 0 N–H and O–H groups in total. The summed E-state index contributed by atoms with van der Waals surface area (Å²) in [4.78, 5) is 9.44. The van der Waals surface area contributed by atoms with E-state index in [1.54, 1.807) is 11.3 Å². The molecule has 2 rings (SSSR count). The third kappa shape index (κ3) is 18.7. The van der Waals surface area contributed by atoms with Crippen molar-refractivity contribution in [3.63, 3.8) is 0 Å². The molecule has 0 bridgehead atoms. The predicted molar refractivity (Wildman–Crippen MR) is 180 cm³/mol. The largest absolute Gasteiger partial charge is 0.474 e. The molecule has 0 unspecified atom stereocenters. The average molecular weight is 589 g/mol. The van der Waals surface area contributed by atoms with Crippen molar-refractivity contribution in [1.82, 2.24) is 9.97 Å². The minimum absolute atomic E-state index is 0.574. The lowest BCUT2D eigenvalue weighted by molar-refractivity contribution is 0.243. The zero-order valence-corrected chi connectivity index (χ0v) is 27.9. The highest BCUT2D eigenvalue weighted by molar-refractivity contribution is 7.09. The van der Waals surface area contributed by atoms with Crippen LogP contribution in [-0.4, -0.2) is 23.2 Å². The molecule has 0 radical (unpaired) electrons. The smallest absolute Gasteiger partial charge is 0.278 e. The Labute approximate surface area is 257 Å². The van der Waals surface area contributed by atoms with Crippen LogP contribution in [0, 0.1) is 0 Å². The summed E-state index contributed by atoms with van der Waals surface area (Å²) in [5, 5.41) is 4.08. The van der Waals surface area contributed by atoms with Gasteiger partial charge < -0.3 is 9.47 Å². The zero-order valence-electron chi connectivity index (χ0n) is 27.1.